The van der Waals surface area contributed by atoms with Crippen molar-refractivity contribution in [2.75, 3.05) is 0 Å². The first-order valence-electron chi connectivity index (χ1n) is 5.77. The number of aromatic hydroxyl groups is 1. The maximum absolute atomic E-state index is 9.89. The number of aromatic nitrogens is 2. The number of rotatable bonds is 2. The van der Waals surface area contributed by atoms with Gasteiger partial charge in [-0.2, -0.15) is 0 Å². The van der Waals surface area contributed by atoms with Gasteiger partial charge in [-0.25, -0.2) is 4.98 Å². The maximum atomic E-state index is 9.89. The Hall–Kier alpha value is -1.82. The van der Waals surface area contributed by atoms with Crippen LogP contribution in [0.5, 0.6) is 5.88 Å². The standard InChI is InChI=1S/C13H7Cl3N4O/c14-6-1-2-10-8(3-6)11(13(21)18-10)19-20-12-9(16)4-7(15)5-17-12/h1-5,18,21H. The molecule has 1 aromatic carbocycles. The third-order valence-corrected chi connectivity index (χ3v) is 3.47. The smallest absolute Gasteiger partial charge is 0.218 e. The maximum Gasteiger partial charge on any atom is 0.218 e. The molecule has 0 bridgehead atoms. The van der Waals surface area contributed by atoms with Crippen LogP contribution >= 0.6 is 34.8 Å². The summed E-state index contributed by atoms with van der Waals surface area (Å²) in [7, 11) is 0. The first-order valence-corrected chi connectivity index (χ1v) is 6.91. The Morgan fingerprint density at radius 1 is 1.05 bits per heavy atom. The highest BCUT2D eigenvalue weighted by atomic mass is 35.5. The first kappa shape index (κ1) is 14.1. The molecular formula is C13H7Cl3N4O. The quantitative estimate of drug-likeness (QED) is 0.591. The van der Waals surface area contributed by atoms with E-state index >= 15 is 0 Å². The lowest BCUT2D eigenvalue weighted by atomic mass is 10.2. The van der Waals surface area contributed by atoms with Crippen molar-refractivity contribution in [3.8, 4) is 5.88 Å². The minimum atomic E-state index is -0.110. The number of H-pyrrole nitrogens is 1. The van der Waals surface area contributed by atoms with E-state index in [0.29, 0.717) is 20.9 Å². The summed E-state index contributed by atoms with van der Waals surface area (Å²) in [6.45, 7) is 0. The Morgan fingerprint density at radius 3 is 2.62 bits per heavy atom. The fourth-order valence-corrected chi connectivity index (χ4v) is 2.41. The molecule has 0 spiro atoms. The number of hydrogen-bond acceptors (Lipinski definition) is 4. The highest BCUT2D eigenvalue weighted by Crippen LogP contribution is 2.38. The molecule has 0 aliphatic carbocycles. The van der Waals surface area contributed by atoms with Crippen molar-refractivity contribution >= 4 is 57.2 Å². The van der Waals surface area contributed by atoms with Crippen LogP contribution in [-0.2, 0) is 0 Å². The van der Waals surface area contributed by atoms with Crippen molar-refractivity contribution in [1.29, 1.82) is 0 Å². The Morgan fingerprint density at radius 2 is 1.86 bits per heavy atom. The van der Waals surface area contributed by atoms with Crippen molar-refractivity contribution in [1.82, 2.24) is 9.97 Å². The molecule has 106 valence electrons. The van der Waals surface area contributed by atoms with E-state index in [0.717, 1.165) is 0 Å². The second-order valence-electron chi connectivity index (χ2n) is 4.17. The summed E-state index contributed by atoms with van der Waals surface area (Å²) in [5.74, 6) is 0.0953. The fourth-order valence-electron chi connectivity index (χ4n) is 1.82. The summed E-state index contributed by atoms with van der Waals surface area (Å²) in [6.07, 6.45) is 1.41. The molecule has 0 aliphatic rings. The molecule has 2 heterocycles. The summed E-state index contributed by atoms with van der Waals surface area (Å²) in [5.41, 5.74) is 0.960. The molecule has 0 saturated heterocycles. The van der Waals surface area contributed by atoms with E-state index in [9.17, 15) is 5.11 Å². The van der Waals surface area contributed by atoms with Gasteiger partial charge >= 0.3 is 0 Å². The molecule has 0 atom stereocenters. The van der Waals surface area contributed by atoms with Gasteiger partial charge in [-0.3, -0.25) is 0 Å². The van der Waals surface area contributed by atoms with Crippen LogP contribution in [0.4, 0.5) is 11.5 Å². The van der Waals surface area contributed by atoms with Crippen molar-refractivity contribution < 1.29 is 5.11 Å². The monoisotopic (exact) mass is 340 g/mol. The van der Waals surface area contributed by atoms with E-state index in [-0.39, 0.29) is 22.4 Å². The molecule has 21 heavy (non-hydrogen) atoms. The van der Waals surface area contributed by atoms with Gasteiger partial charge in [-0.05, 0) is 24.3 Å². The van der Waals surface area contributed by atoms with Crippen LogP contribution in [-0.4, -0.2) is 15.1 Å². The van der Waals surface area contributed by atoms with Gasteiger partial charge in [0.05, 0.1) is 15.6 Å². The molecule has 0 fully saturated rings. The molecule has 0 saturated carbocycles. The van der Waals surface area contributed by atoms with E-state index < -0.39 is 0 Å². The SMILES string of the molecule is Oc1[nH]c2ccc(Cl)cc2c1N=Nc1ncc(Cl)cc1Cl. The fraction of sp³-hybridized carbons (Fsp3) is 0. The normalized spacial score (nSPS) is 11.6. The highest BCUT2D eigenvalue weighted by Gasteiger charge is 2.11. The molecule has 0 amide bonds. The zero-order valence-corrected chi connectivity index (χ0v) is 12.6. The lowest BCUT2D eigenvalue weighted by molar-refractivity contribution is 0.459. The zero-order chi connectivity index (χ0) is 15.0. The molecule has 5 nitrogen and oxygen atoms in total. The van der Waals surface area contributed by atoms with E-state index in [2.05, 4.69) is 20.2 Å². The minimum absolute atomic E-state index is 0.110. The van der Waals surface area contributed by atoms with E-state index in [4.69, 9.17) is 34.8 Å². The lowest BCUT2D eigenvalue weighted by Gasteiger charge is -1.96. The van der Waals surface area contributed by atoms with Gasteiger partial charge in [-0.15, -0.1) is 10.2 Å². The molecule has 0 radical (unpaired) electrons. The van der Waals surface area contributed by atoms with Crippen LogP contribution in [0.15, 0.2) is 40.7 Å². The molecule has 3 aromatic rings. The lowest BCUT2D eigenvalue weighted by Crippen LogP contribution is -1.75. The van der Waals surface area contributed by atoms with Crippen LogP contribution in [0, 0.1) is 0 Å². The number of azo groups is 1. The second kappa shape index (κ2) is 5.52. The summed E-state index contributed by atoms with van der Waals surface area (Å²) in [6, 6.07) is 6.64. The van der Waals surface area contributed by atoms with Crippen molar-refractivity contribution in [3.05, 3.63) is 45.5 Å². The van der Waals surface area contributed by atoms with E-state index in [1.165, 1.54) is 12.3 Å². The van der Waals surface area contributed by atoms with Crippen LogP contribution in [0.2, 0.25) is 15.1 Å². The van der Waals surface area contributed by atoms with Crippen LogP contribution < -0.4 is 0 Å². The number of nitrogens with zero attached hydrogens (tertiary/aromatic N) is 3. The van der Waals surface area contributed by atoms with Gasteiger partial charge in [0.1, 0.15) is 0 Å². The van der Waals surface area contributed by atoms with Crippen LogP contribution in [0.25, 0.3) is 10.9 Å². The van der Waals surface area contributed by atoms with Crippen LogP contribution in [0.1, 0.15) is 0 Å². The third-order valence-electron chi connectivity index (χ3n) is 2.75. The number of aromatic amines is 1. The van der Waals surface area contributed by atoms with Crippen molar-refractivity contribution in [2.45, 2.75) is 0 Å². The number of nitrogens with one attached hydrogen (secondary N) is 1. The van der Waals surface area contributed by atoms with Gasteiger partial charge in [0.15, 0.2) is 11.5 Å². The summed E-state index contributed by atoms with van der Waals surface area (Å²) < 4.78 is 0. The summed E-state index contributed by atoms with van der Waals surface area (Å²) in [5, 5.41) is 19.7. The Bertz CT molecular complexity index is 860. The summed E-state index contributed by atoms with van der Waals surface area (Å²) in [4.78, 5) is 6.75. The van der Waals surface area contributed by atoms with Gasteiger partial charge in [0.2, 0.25) is 5.88 Å². The Balaban J connectivity index is 2.06. The molecule has 2 aromatic heterocycles. The highest BCUT2D eigenvalue weighted by molar-refractivity contribution is 6.35. The number of benzene rings is 1. The average Bonchev–Trinajstić information content (AvgIpc) is 2.73. The number of pyridine rings is 1. The van der Waals surface area contributed by atoms with Crippen molar-refractivity contribution in [2.24, 2.45) is 10.2 Å². The van der Waals surface area contributed by atoms with Crippen LogP contribution in [0.3, 0.4) is 0 Å². The van der Waals surface area contributed by atoms with Gasteiger partial charge < -0.3 is 10.1 Å². The first-order chi connectivity index (χ1) is 10.0. The number of hydrogen-bond donors (Lipinski definition) is 2. The molecule has 2 N–H and O–H groups in total. The average molecular weight is 342 g/mol. The predicted octanol–water partition coefficient (Wildman–Crippen LogP) is 5.64. The second-order valence-corrected chi connectivity index (χ2v) is 5.45. The minimum Gasteiger partial charge on any atom is -0.493 e. The molecule has 3 rings (SSSR count). The van der Waals surface area contributed by atoms with Gasteiger partial charge in [0, 0.05) is 16.6 Å². The van der Waals surface area contributed by atoms with E-state index in [1.807, 2.05) is 0 Å². The third kappa shape index (κ3) is 2.81. The predicted molar refractivity (Wildman–Crippen MR) is 83.4 cm³/mol. The molecular weight excluding hydrogens is 335 g/mol. The van der Waals surface area contributed by atoms with Crippen molar-refractivity contribution in [3.63, 3.8) is 0 Å². The molecule has 0 aliphatic heterocycles. The summed E-state index contributed by atoms with van der Waals surface area (Å²) >= 11 is 17.7. The zero-order valence-electron chi connectivity index (χ0n) is 10.3. The Labute approximate surface area is 134 Å². The Kier molecular flexibility index (Phi) is 3.71. The topological polar surface area (TPSA) is 73.6 Å². The van der Waals surface area contributed by atoms with Gasteiger partial charge in [-0.1, -0.05) is 34.8 Å². The van der Waals surface area contributed by atoms with Gasteiger partial charge in [0.25, 0.3) is 0 Å². The molecule has 8 heteroatoms. The molecule has 0 unspecified atom stereocenters. The van der Waals surface area contributed by atoms with E-state index in [1.54, 1.807) is 18.2 Å². The largest absolute Gasteiger partial charge is 0.493 e. The number of fused-ring (bicyclic) bond motifs is 1. The number of halogens is 3.